The molecule has 1 unspecified atom stereocenters. The molecule has 1 atom stereocenters. The van der Waals surface area contributed by atoms with Crippen molar-refractivity contribution in [2.75, 3.05) is 25.0 Å². The zero-order chi connectivity index (χ0) is 28.6. The number of para-hydroxylation sites is 1. The van der Waals surface area contributed by atoms with Crippen LogP contribution in [-0.2, 0) is 17.9 Å². The number of nitrogens with one attached hydrogen (secondary N) is 1. The van der Waals surface area contributed by atoms with Crippen LogP contribution in [-0.4, -0.2) is 47.5 Å². The van der Waals surface area contributed by atoms with Crippen molar-refractivity contribution in [2.45, 2.75) is 58.7 Å². The van der Waals surface area contributed by atoms with Gasteiger partial charge in [0, 0.05) is 29.5 Å². The molecule has 41 heavy (non-hydrogen) atoms. The Morgan fingerprint density at radius 1 is 0.951 bits per heavy atom. The van der Waals surface area contributed by atoms with Gasteiger partial charge < -0.3 is 19.7 Å². The Labute approximate surface area is 243 Å². The first kappa shape index (κ1) is 27.3. The molecule has 1 aromatic heterocycles. The normalized spacial score (nSPS) is 20.0. The number of benzene rings is 2. The summed E-state index contributed by atoms with van der Waals surface area (Å²) in [5.74, 6) is -0.0281. The SMILES string of the molecule is CN1CCCC1CCNC(=O)c1ccc2n1Cc1ccccc1N(C(=O)C1=CC=C(c3ccccc3)C(C)(C)C1)C2. The van der Waals surface area contributed by atoms with Crippen LogP contribution in [0.3, 0.4) is 0 Å². The number of rotatable bonds is 6. The Balaban J connectivity index is 1.25. The number of likely N-dealkylation sites (tertiary alicyclic amines) is 1. The summed E-state index contributed by atoms with van der Waals surface area (Å²) in [6, 6.07) is 22.9. The average Bonchev–Trinajstić information content (AvgIpc) is 3.52. The Hall–Kier alpha value is -3.90. The summed E-state index contributed by atoms with van der Waals surface area (Å²) in [6.45, 7) is 7.20. The van der Waals surface area contributed by atoms with E-state index in [2.05, 4.69) is 72.1 Å². The van der Waals surface area contributed by atoms with Gasteiger partial charge in [0.25, 0.3) is 11.8 Å². The van der Waals surface area contributed by atoms with E-state index >= 15 is 0 Å². The molecule has 0 saturated carbocycles. The number of carbonyl (C=O) groups is 2. The van der Waals surface area contributed by atoms with Crippen molar-refractivity contribution in [2.24, 2.45) is 5.41 Å². The fraction of sp³-hybridized carbons (Fsp3) is 0.371. The summed E-state index contributed by atoms with van der Waals surface area (Å²) in [5.41, 5.74) is 6.63. The summed E-state index contributed by atoms with van der Waals surface area (Å²) in [7, 11) is 2.17. The van der Waals surface area contributed by atoms with Crippen LogP contribution >= 0.6 is 0 Å². The van der Waals surface area contributed by atoms with Gasteiger partial charge in [-0.25, -0.2) is 0 Å². The third-order valence-electron chi connectivity index (χ3n) is 9.09. The van der Waals surface area contributed by atoms with Gasteiger partial charge in [0.2, 0.25) is 0 Å². The molecule has 1 saturated heterocycles. The van der Waals surface area contributed by atoms with E-state index in [1.807, 2.05) is 47.4 Å². The molecule has 0 bridgehead atoms. The Morgan fingerprint density at radius 3 is 2.49 bits per heavy atom. The minimum Gasteiger partial charge on any atom is -0.351 e. The van der Waals surface area contributed by atoms with Crippen molar-refractivity contribution in [3.8, 4) is 0 Å². The molecule has 1 N–H and O–H groups in total. The Morgan fingerprint density at radius 2 is 1.73 bits per heavy atom. The van der Waals surface area contributed by atoms with Crippen molar-refractivity contribution in [3.63, 3.8) is 0 Å². The number of hydrogen-bond acceptors (Lipinski definition) is 3. The Bertz CT molecular complexity index is 1510. The molecule has 3 heterocycles. The number of hydrogen-bond donors (Lipinski definition) is 1. The molecule has 0 radical (unpaired) electrons. The summed E-state index contributed by atoms with van der Waals surface area (Å²) in [4.78, 5) is 31.8. The van der Waals surface area contributed by atoms with Gasteiger partial charge in [-0.2, -0.15) is 0 Å². The summed E-state index contributed by atoms with van der Waals surface area (Å²) in [5, 5.41) is 3.16. The average molecular weight is 549 g/mol. The molecule has 1 fully saturated rings. The quantitative estimate of drug-likeness (QED) is 0.409. The monoisotopic (exact) mass is 548 g/mol. The van der Waals surface area contributed by atoms with Gasteiger partial charge in [-0.05, 0) is 79.6 Å². The van der Waals surface area contributed by atoms with Crippen LogP contribution in [0, 0.1) is 5.41 Å². The van der Waals surface area contributed by atoms with E-state index in [4.69, 9.17) is 0 Å². The molecule has 3 aromatic rings. The lowest BCUT2D eigenvalue weighted by molar-refractivity contribution is -0.115. The fourth-order valence-electron chi connectivity index (χ4n) is 6.79. The highest BCUT2D eigenvalue weighted by Gasteiger charge is 2.34. The van der Waals surface area contributed by atoms with Gasteiger partial charge >= 0.3 is 0 Å². The number of amides is 2. The molecule has 2 aromatic carbocycles. The van der Waals surface area contributed by atoms with E-state index in [0.717, 1.165) is 35.5 Å². The van der Waals surface area contributed by atoms with Crippen LogP contribution in [0.25, 0.3) is 5.57 Å². The predicted octanol–water partition coefficient (Wildman–Crippen LogP) is 6.04. The zero-order valence-electron chi connectivity index (χ0n) is 24.4. The zero-order valence-corrected chi connectivity index (χ0v) is 24.4. The predicted molar refractivity (Wildman–Crippen MR) is 165 cm³/mol. The largest absolute Gasteiger partial charge is 0.351 e. The second-order valence-corrected chi connectivity index (χ2v) is 12.3. The van der Waals surface area contributed by atoms with Crippen molar-refractivity contribution in [1.29, 1.82) is 0 Å². The molecule has 6 heteroatoms. The van der Waals surface area contributed by atoms with Crippen molar-refractivity contribution < 1.29 is 9.59 Å². The Kier molecular flexibility index (Phi) is 7.43. The first-order chi connectivity index (χ1) is 19.8. The number of carbonyl (C=O) groups excluding carboxylic acids is 2. The smallest absolute Gasteiger partial charge is 0.267 e. The minimum atomic E-state index is -0.175. The first-order valence-corrected chi connectivity index (χ1v) is 14.9. The van der Waals surface area contributed by atoms with Crippen LogP contribution < -0.4 is 10.2 Å². The number of fused-ring (bicyclic) bond motifs is 2. The molecule has 2 aliphatic heterocycles. The van der Waals surface area contributed by atoms with E-state index in [0.29, 0.717) is 37.8 Å². The van der Waals surface area contributed by atoms with Gasteiger partial charge in [0.15, 0.2) is 0 Å². The van der Waals surface area contributed by atoms with Gasteiger partial charge in [-0.1, -0.05) is 74.5 Å². The van der Waals surface area contributed by atoms with E-state index in [9.17, 15) is 9.59 Å². The summed E-state index contributed by atoms with van der Waals surface area (Å²) < 4.78 is 2.08. The molecule has 6 nitrogen and oxygen atoms in total. The molecule has 1 aliphatic carbocycles. The van der Waals surface area contributed by atoms with E-state index in [-0.39, 0.29) is 17.2 Å². The lowest BCUT2D eigenvalue weighted by Crippen LogP contribution is -2.34. The maximum atomic E-state index is 14.2. The van der Waals surface area contributed by atoms with Crippen LogP contribution in [0.4, 0.5) is 5.69 Å². The second kappa shape index (κ2) is 11.2. The maximum Gasteiger partial charge on any atom is 0.267 e. The van der Waals surface area contributed by atoms with Crippen LogP contribution in [0.5, 0.6) is 0 Å². The second-order valence-electron chi connectivity index (χ2n) is 12.3. The maximum absolute atomic E-state index is 14.2. The summed E-state index contributed by atoms with van der Waals surface area (Å²) in [6.07, 6.45) is 8.18. The topological polar surface area (TPSA) is 57.6 Å². The first-order valence-electron chi connectivity index (χ1n) is 14.9. The lowest BCUT2D eigenvalue weighted by Gasteiger charge is -2.34. The molecule has 212 valence electrons. The number of aromatic nitrogens is 1. The highest BCUT2D eigenvalue weighted by atomic mass is 16.2. The summed E-state index contributed by atoms with van der Waals surface area (Å²) >= 11 is 0. The van der Waals surface area contributed by atoms with Gasteiger partial charge in [0.05, 0.1) is 13.1 Å². The molecular formula is C35H40N4O2. The van der Waals surface area contributed by atoms with Crippen molar-refractivity contribution in [1.82, 2.24) is 14.8 Å². The highest BCUT2D eigenvalue weighted by Crippen LogP contribution is 2.43. The number of nitrogens with zero attached hydrogens (tertiary/aromatic N) is 3. The number of allylic oxidation sites excluding steroid dienone is 3. The molecule has 3 aliphatic rings. The standard InChI is InChI=1S/C35H40N4O2/c1-35(2)22-26(15-17-30(35)25-10-5-4-6-11-25)34(41)39-24-29-16-18-32(38(29)23-27-12-7-8-14-31(27)39)33(40)36-20-19-28-13-9-21-37(28)3/h4-8,10-12,14-18,28H,9,13,19-24H2,1-3H3,(H,36,40). The van der Waals surface area contributed by atoms with E-state index in [1.54, 1.807) is 0 Å². The molecule has 6 rings (SSSR count). The molecule has 2 amide bonds. The molecular weight excluding hydrogens is 508 g/mol. The van der Waals surface area contributed by atoms with Gasteiger partial charge in [0.1, 0.15) is 5.69 Å². The van der Waals surface area contributed by atoms with Gasteiger partial charge in [-0.3, -0.25) is 9.59 Å². The van der Waals surface area contributed by atoms with Crippen molar-refractivity contribution in [3.05, 3.63) is 107 Å². The highest BCUT2D eigenvalue weighted by molar-refractivity contribution is 6.07. The minimum absolute atomic E-state index is 0.0234. The van der Waals surface area contributed by atoms with Crippen LogP contribution in [0.1, 0.15) is 66.8 Å². The van der Waals surface area contributed by atoms with Crippen LogP contribution in [0.15, 0.2) is 84.5 Å². The third kappa shape index (κ3) is 5.41. The van der Waals surface area contributed by atoms with E-state index < -0.39 is 0 Å². The van der Waals surface area contributed by atoms with Crippen molar-refractivity contribution >= 4 is 23.1 Å². The number of anilines is 1. The third-order valence-corrected chi connectivity index (χ3v) is 9.09. The van der Waals surface area contributed by atoms with Crippen LogP contribution in [0.2, 0.25) is 0 Å². The fourth-order valence-corrected chi connectivity index (χ4v) is 6.79. The van der Waals surface area contributed by atoms with Gasteiger partial charge in [-0.15, -0.1) is 0 Å². The lowest BCUT2D eigenvalue weighted by atomic mass is 9.72. The van der Waals surface area contributed by atoms with E-state index in [1.165, 1.54) is 24.0 Å². The molecule has 0 spiro atoms.